The van der Waals surface area contributed by atoms with E-state index in [0.29, 0.717) is 0 Å². The Hall–Kier alpha value is -1.91. The second kappa shape index (κ2) is 4.74. The van der Waals surface area contributed by atoms with Crippen molar-refractivity contribution in [1.29, 1.82) is 0 Å². The van der Waals surface area contributed by atoms with Gasteiger partial charge in [0.05, 0.1) is 0 Å². The van der Waals surface area contributed by atoms with E-state index in [1.807, 2.05) is 0 Å². The summed E-state index contributed by atoms with van der Waals surface area (Å²) in [5.74, 6) is -0.685. The van der Waals surface area contributed by atoms with Crippen LogP contribution in [0.15, 0.2) is 24.4 Å². The summed E-state index contributed by atoms with van der Waals surface area (Å²) in [6.45, 7) is 5.28. The molecule has 0 spiro atoms. The Labute approximate surface area is 94.2 Å². The predicted molar refractivity (Wildman–Crippen MR) is 59.3 cm³/mol. The minimum atomic E-state index is -0.544. The molecule has 0 aliphatic rings. The first-order chi connectivity index (χ1) is 7.41. The highest BCUT2D eigenvalue weighted by atomic mass is 16.2. The molecule has 0 atom stereocenters. The molecule has 1 aromatic heterocycles. The number of nitrogens with zero attached hydrogens (tertiary/aromatic N) is 1. The average Bonchev–Trinajstić information content (AvgIpc) is 2.25. The van der Waals surface area contributed by atoms with Crippen LogP contribution < -0.4 is 10.9 Å². The number of nitrogens with one attached hydrogen (secondary N) is 2. The van der Waals surface area contributed by atoms with Crippen molar-refractivity contribution in [3.8, 4) is 0 Å². The molecule has 0 radical (unpaired) electrons. The fourth-order valence-electron chi connectivity index (χ4n) is 0.862. The summed E-state index contributed by atoms with van der Waals surface area (Å²) < 4.78 is 0. The van der Waals surface area contributed by atoms with Crippen LogP contribution in [0.5, 0.6) is 0 Å². The summed E-state index contributed by atoms with van der Waals surface area (Å²) in [7, 11) is 0. The van der Waals surface area contributed by atoms with Crippen molar-refractivity contribution < 1.29 is 9.59 Å². The zero-order chi connectivity index (χ0) is 12.2. The first-order valence-electron chi connectivity index (χ1n) is 4.93. The van der Waals surface area contributed by atoms with Crippen LogP contribution in [0.25, 0.3) is 0 Å². The number of carbonyl (C=O) groups excluding carboxylic acids is 2. The van der Waals surface area contributed by atoms with Gasteiger partial charge < -0.3 is 0 Å². The lowest BCUT2D eigenvalue weighted by Crippen LogP contribution is -2.46. The smallest absolute Gasteiger partial charge is 0.273 e. The van der Waals surface area contributed by atoms with Gasteiger partial charge in [-0.05, 0) is 12.1 Å². The van der Waals surface area contributed by atoms with E-state index >= 15 is 0 Å². The van der Waals surface area contributed by atoms with Crippen molar-refractivity contribution in [2.24, 2.45) is 5.41 Å². The van der Waals surface area contributed by atoms with Gasteiger partial charge in [-0.3, -0.25) is 25.4 Å². The Morgan fingerprint density at radius 3 is 2.38 bits per heavy atom. The van der Waals surface area contributed by atoms with Gasteiger partial charge in [-0.2, -0.15) is 0 Å². The van der Waals surface area contributed by atoms with Crippen LogP contribution in [0.1, 0.15) is 31.3 Å². The monoisotopic (exact) mass is 221 g/mol. The van der Waals surface area contributed by atoms with Gasteiger partial charge in [0.25, 0.3) is 5.91 Å². The number of rotatable bonds is 1. The van der Waals surface area contributed by atoms with E-state index in [1.54, 1.807) is 39.0 Å². The Balaban J connectivity index is 2.52. The highest BCUT2D eigenvalue weighted by molar-refractivity contribution is 5.94. The van der Waals surface area contributed by atoms with Crippen molar-refractivity contribution in [3.63, 3.8) is 0 Å². The van der Waals surface area contributed by atoms with Gasteiger partial charge in [0.15, 0.2) is 0 Å². The fourth-order valence-corrected chi connectivity index (χ4v) is 0.862. The van der Waals surface area contributed by atoms with Crippen molar-refractivity contribution in [3.05, 3.63) is 30.1 Å². The van der Waals surface area contributed by atoms with Crippen LogP contribution in [0.3, 0.4) is 0 Å². The summed E-state index contributed by atoms with van der Waals surface area (Å²) in [5, 5.41) is 0. The summed E-state index contributed by atoms with van der Waals surface area (Å²) >= 11 is 0. The lowest BCUT2D eigenvalue weighted by atomic mass is 9.96. The number of carbonyl (C=O) groups is 2. The maximum Gasteiger partial charge on any atom is 0.288 e. The fraction of sp³-hybridized carbons (Fsp3) is 0.364. The molecule has 2 amide bonds. The number of amides is 2. The Bertz CT molecular complexity index is 382. The van der Waals surface area contributed by atoms with Gasteiger partial charge in [-0.25, -0.2) is 0 Å². The van der Waals surface area contributed by atoms with Gasteiger partial charge in [-0.15, -0.1) is 0 Å². The number of hydrazine groups is 1. The summed E-state index contributed by atoms with van der Waals surface area (Å²) in [6.07, 6.45) is 1.51. The van der Waals surface area contributed by atoms with Gasteiger partial charge in [0.2, 0.25) is 5.91 Å². The average molecular weight is 221 g/mol. The minimum Gasteiger partial charge on any atom is -0.273 e. The van der Waals surface area contributed by atoms with Gasteiger partial charge in [0.1, 0.15) is 5.69 Å². The number of pyridine rings is 1. The number of hydrogen-bond acceptors (Lipinski definition) is 3. The Morgan fingerprint density at radius 1 is 1.19 bits per heavy atom. The minimum absolute atomic E-state index is 0.253. The zero-order valence-corrected chi connectivity index (χ0v) is 9.57. The third-order valence-electron chi connectivity index (χ3n) is 1.87. The van der Waals surface area contributed by atoms with Crippen molar-refractivity contribution in [2.75, 3.05) is 0 Å². The molecule has 0 aliphatic carbocycles. The van der Waals surface area contributed by atoms with E-state index in [4.69, 9.17) is 0 Å². The zero-order valence-electron chi connectivity index (χ0n) is 9.57. The van der Waals surface area contributed by atoms with E-state index < -0.39 is 11.3 Å². The van der Waals surface area contributed by atoms with E-state index in [2.05, 4.69) is 15.8 Å². The quantitative estimate of drug-likeness (QED) is 0.692. The molecule has 0 aromatic carbocycles. The summed E-state index contributed by atoms with van der Waals surface area (Å²) in [6, 6.07) is 4.98. The second-order valence-electron chi connectivity index (χ2n) is 4.37. The molecule has 86 valence electrons. The van der Waals surface area contributed by atoms with Gasteiger partial charge in [0, 0.05) is 11.6 Å². The van der Waals surface area contributed by atoms with Crippen LogP contribution >= 0.6 is 0 Å². The normalized spacial score (nSPS) is 10.7. The molecule has 0 saturated heterocycles. The van der Waals surface area contributed by atoms with Gasteiger partial charge >= 0.3 is 0 Å². The largest absolute Gasteiger partial charge is 0.288 e. The van der Waals surface area contributed by atoms with Crippen LogP contribution in [0.4, 0.5) is 0 Å². The standard InChI is InChI=1S/C11H15N3O2/c1-11(2,3)10(16)14-13-9(15)8-6-4-5-7-12-8/h4-7H,1-3H3,(H,13,15)(H,14,16). The third-order valence-corrected chi connectivity index (χ3v) is 1.87. The van der Waals surface area contributed by atoms with Crippen molar-refractivity contribution in [2.45, 2.75) is 20.8 Å². The first-order valence-corrected chi connectivity index (χ1v) is 4.93. The Morgan fingerprint density at radius 2 is 1.88 bits per heavy atom. The summed E-state index contributed by atoms with van der Waals surface area (Å²) in [4.78, 5) is 26.8. The molecular formula is C11H15N3O2. The molecule has 0 aliphatic heterocycles. The topological polar surface area (TPSA) is 71.1 Å². The van der Waals surface area contributed by atoms with Gasteiger partial charge in [-0.1, -0.05) is 26.8 Å². The lowest BCUT2D eigenvalue weighted by Gasteiger charge is -2.17. The Kier molecular flexibility index (Phi) is 3.60. The molecule has 1 rings (SSSR count). The molecular weight excluding hydrogens is 206 g/mol. The maximum absolute atomic E-state index is 11.5. The predicted octanol–water partition coefficient (Wildman–Crippen LogP) is 0.889. The molecule has 1 aromatic rings. The highest BCUT2D eigenvalue weighted by Gasteiger charge is 2.21. The van der Waals surface area contributed by atoms with E-state index in [0.717, 1.165) is 0 Å². The second-order valence-corrected chi connectivity index (χ2v) is 4.37. The number of hydrogen-bond donors (Lipinski definition) is 2. The molecule has 0 fully saturated rings. The maximum atomic E-state index is 11.5. The molecule has 0 unspecified atom stereocenters. The van der Waals surface area contributed by atoms with E-state index in [-0.39, 0.29) is 11.6 Å². The van der Waals surface area contributed by atoms with Crippen LogP contribution in [-0.4, -0.2) is 16.8 Å². The molecule has 16 heavy (non-hydrogen) atoms. The SMILES string of the molecule is CC(C)(C)C(=O)NNC(=O)c1ccccn1. The van der Waals surface area contributed by atoms with E-state index in [9.17, 15) is 9.59 Å². The van der Waals surface area contributed by atoms with Crippen molar-refractivity contribution in [1.82, 2.24) is 15.8 Å². The molecule has 0 saturated carbocycles. The molecule has 5 heteroatoms. The molecule has 2 N–H and O–H groups in total. The summed E-state index contributed by atoms with van der Waals surface area (Å²) in [5.41, 5.74) is 4.36. The lowest BCUT2D eigenvalue weighted by molar-refractivity contribution is -0.129. The van der Waals surface area contributed by atoms with Crippen LogP contribution in [0.2, 0.25) is 0 Å². The highest BCUT2D eigenvalue weighted by Crippen LogP contribution is 2.11. The third kappa shape index (κ3) is 3.34. The number of aromatic nitrogens is 1. The van der Waals surface area contributed by atoms with Crippen molar-refractivity contribution >= 4 is 11.8 Å². The molecule has 5 nitrogen and oxygen atoms in total. The molecule has 0 bridgehead atoms. The van der Waals surface area contributed by atoms with Crippen LogP contribution in [0, 0.1) is 5.41 Å². The van der Waals surface area contributed by atoms with E-state index in [1.165, 1.54) is 6.20 Å². The van der Waals surface area contributed by atoms with Crippen LogP contribution in [-0.2, 0) is 4.79 Å². The first kappa shape index (κ1) is 12.2. The molecule has 1 heterocycles.